The van der Waals surface area contributed by atoms with E-state index in [9.17, 15) is 8.78 Å². The molecule has 1 aliphatic heterocycles. The maximum Gasteiger partial charge on any atom is 0.128 e. The Morgan fingerprint density at radius 3 is 2.47 bits per heavy atom. The van der Waals surface area contributed by atoms with Gasteiger partial charge in [0.15, 0.2) is 0 Å². The third-order valence-corrected chi connectivity index (χ3v) is 4.29. The summed E-state index contributed by atoms with van der Waals surface area (Å²) in [6.07, 6.45) is 3.53. The second-order valence-corrected chi connectivity index (χ2v) is 5.69. The molecule has 1 saturated carbocycles. The molecule has 1 saturated heterocycles. The molecule has 0 spiro atoms. The van der Waals surface area contributed by atoms with Gasteiger partial charge in [-0.15, -0.1) is 0 Å². The molecule has 1 heterocycles. The minimum absolute atomic E-state index is 0.316. The Kier molecular flexibility index (Phi) is 3.44. The van der Waals surface area contributed by atoms with Gasteiger partial charge in [-0.1, -0.05) is 6.92 Å². The topological polar surface area (TPSA) is 15.3 Å². The minimum Gasteiger partial charge on any atom is -0.366 e. The summed E-state index contributed by atoms with van der Waals surface area (Å²) in [7, 11) is 0. The van der Waals surface area contributed by atoms with Crippen LogP contribution in [-0.2, 0) is 0 Å². The maximum absolute atomic E-state index is 13.4. The molecule has 2 nitrogen and oxygen atoms in total. The second-order valence-electron chi connectivity index (χ2n) is 5.69. The highest BCUT2D eigenvalue weighted by atomic mass is 19.1. The molecule has 0 radical (unpaired) electrons. The molecule has 0 bridgehead atoms. The van der Waals surface area contributed by atoms with Crippen LogP contribution in [-0.4, -0.2) is 25.2 Å². The summed E-state index contributed by atoms with van der Waals surface area (Å²) in [5.74, 6) is -0.239. The minimum atomic E-state index is -0.494. The van der Waals surface area contributed by atoms with E-state index in [0.717, 1.165) is 31.5 Å². The fourth-order valence-corrected chi connectivity index (χ4v) is 3.02. The van der Waals surface area contributed by atoms with Crippen LogP contribution in [0.5, 0.6) is 0 Å². The Morgan fingerprint density at radius 1 is 1.21 bits per heavy atom. The SMILES string of the molecule is CCC1CNC(C2CC2)CN1c1cc(F)cc(F)c1. The van der Waals surface area contributed by atoms with E-state index >= 15 is 0 Å². The molecule has 19 heavy (non-hydrogen) atoms. The lowest BCUT2D eigenvalue weighted by molar-refractivity contribution is 0.359. The van der Waals surface area contributed by atoms with Crippen LogP contribution in [0.1, 0.15) is 26.2 Å². The predicted molar refractivity (Wildman–Crippen MR) is 72.3 cm³/mol. The highest BCUT2D eigenvalue weighted by Crippen LogP contribution is 2.35. The number of hydrogen-bond acceptors (Lipinski definition) is 2. The zero-order valence-electron chi connectivity index (χ0n) is 11.2. The Morgan fingerprint density at radius 2 is 1.89 bits per heavy atom. The van der Waals surface area contributed by atoms with E-state index in [4.69, 9.17) is 0 Å². The van der Waals surface area contributed by atoms with E-state index < -0.39 is 11.6 Å². The zero-order chi connectivity index (χ0) is 13.4. The Hall–Kier alpha value is -1.16. The fourth-order valence-electron chi connectivity index (χ4n) is 3.02. The third kappa shape index (κ3) is 2.73. The summed E-state index contributed by atoms with van der Waals surface area (Å²) in [5, 5.41) is 3.58. The van der Waals surface area contributed by atoms with Crippen molar-refractivity contribution in [2.45, 2.75) is 38.3 Å². The first-order chi connectivity index (χ1) is 9.17. The average molecular weight is 266 g/mol. The second kappa shape index (κ2) is 5.08. The van der Waals surface area contributed by atoms with Crippen molar-refractivity contribution in [1.82, 2.24) is 5.32 Å². The number of halogens is 2. The predicted octanol–water partition coefficient (Wildman–Crippen LogP) is 2.93. The van der Waals surface area contributed by atoms with Crippen LogP contribution in [0.2, 0.25) is 0 Å². The Bertz CT molecular complexity index is 439. The molecule has 1 aromatic carbocycles. The molecule has 2 unspecified atom stereocenters. The van der Waals surface area contributed by atoms with Gasteiger partial charge in [-0.2, -0.15) is 0 Å². The van der Waals surface area contributed by atoms with Crippen LogP contribution < -0.4 is 10.2 Å². The lowest BCUT2D eigenvalue weighted by atomic mass is 10.0. The van der Waals surface area contributed by atoms with Gasteiger partial charge in [-0.25, -0.2) is 8.78 Å². The van der Waals surface area contributed by atoms with Crippen molar-refractivity contribution in [1.29, 1.82) is 0 Å². The van der Waals surface area contributed by atoms with Crippen LogP contribution in [0, 0.1) is 17.6 Å². The standard InChI is InChI=1S/C15H20F2N2/c1-2-13-8-18-15(10-3-4-10)9-19(13)14-6-11(16)5-12(17)7-14/h5-7,10,13,15,18H,2-4,8-9H2,1H3. The van der Waals surface area contributed by atoms with Crippen LogP contribution in [0.4, 0.5) is 14.5 Å². The summed E-state index contributed by atoms with van der Waals surface area (Å²) >= 11 is 0. The van der Waals surface area contributed by atoms with Gasteiger partial charge in [-0.05, 0) is 37.3 Å². The van der Waals surface area contributed by atoms with Gasteiger partial charge >= 0.3 is 0 Å². The molecule has 2 aliphatic rings. The first kappa shape index (κ1) is 12.9. The molecule has 1 N–H and O–H groups in total. The maximum atomic E-state index is 13.4. The number of hydrogen-bond donors (Lipinski definition) is 1. The molecule has 4 heteroatoms. The first-order valence-corrected chi connectivity index (χ1v) is 7.13. The summed E-state index contributed by atoms with van der Waals surface area (Å²) in [6.45, 7) is 3.87. The smallest absolute Gasteiger partial charge is 0.128 e. The van der Waals surface area contributed by atoms with E-state index in [-0.39, 0.29) is 0 Å². The number of benzene rings is 1. The fraction of sp³-hybridized carbons (Fsp3) is 0.600. The third-order valence-electron chi connectivity index (χ3n) is 4.29. The van der Waals surface area contributed by atoms with Crippen LogP contribution in [0.3, 0.4) is 0 Å². The number of rotatable bonds is 3. The van der Waals surface area contributed by atoms with Crippen molar-refractivity contribution >= 4 is 5.69 Å². The van der Waals surface area contributed by atoms with Crippen LogP contribution in [0.15, 0.2) is 18.2 Å². The van der Waals surface area contributed by atoms with Gasteiger partial charge in [0.1, 0.15) is 11.6 Å². The molecule has 0 amide bonds. The number of nitrogens with one attached hydrogen (secondary N) is 1. The van der Waals surface area contributed by atoms with Crippen molar-refractivity contribution in [3.05, 3.63) is 29.8 Å². The van der Waals surface area contributed by atoms with Crippen molar-refractivity contribution in [3.8, 4) is 0 Å². The van der Waals surface area contributed by atoms with Crippen molar-refractivity contribution < 1.29 is 8.78 Å². The normalized spacial score (nSPS) is 27.6. The number of piperazine rings is 1. The highest BCUT2D eigenvalue weighted by molar-refractivity contribution is 5.49. The molecular weight excluding hydrogens is 246 g/mol. The van der Waals surface area contributed by atoms with E-state index in [1.54, 1.807) is 0 Å². The summed E-state index contributed by atoms with van der Waals surface area (Å²) in [6, 6.07) is 4.61. The molecule has 1 aromatic rings. The number of anilines is 1. The Balaban J connectivity index is 1.84. The largest absolute Gasteiger partial charge is 0.366 e. The number of nitrogens with zero attached hydrogens (tertiary/aromatic N) is 1. The van der Waals surface area contributed by atoms with Gasteiger partial charge < -0.3 is 10.2 Å². The van der Waals surface area contributed by atoms with Crippen molar-refractivity contribution in [3.63, 3.8) is 0 Å². The Labute approximate surface area is 112 Å². The molecule has 104 valence electrons. The van der Waals surface area contributed by atoms with Crippen molar-refractivity contribution in [2.75, 3.05) is 18.0 Å². The average Bonchev–Trinajstić information content (AvgIpc) is 3.21. The lowest BCUT2D eigenvalue weighted by Crippen LogP contribution is -2.57. The summed E-state index contributed by atoms with van der Waals surface area (Å²) in [4.78, 5) is 2.17. The van der Waals surface area contributed by atoms with Gasteiger partial charge in [0.25, 0.3) is 0 Å². The monoisotopic (exact) mass is 266 g/mol. The van der Waals surface area contributed by atoms with Crippen LogP contribution >= 0.6 is 0 Å². The molecule has 1 aliphatic carbocycles. The van der Waals surface area contributed by atoms with E-state index in [1.165, 1.54) is 25.0 Å². The van der Waals surface area contributed by atoms with Gasteiger partial charge in [0.05, 0.1) is 0 Å². The van der Waals surface area contributed by atoms with Gasteiger partial charge in [0.2, 0.25) is 0 Å². The van der Waals surface area contributed by atoms with Gasteiger partial charge in [-0.3, -0.25) is 0 Å². The summed E-state index contributed by atoms with van der Waals surface area (Å²) in [5.41, 5.74) is 0.677. The molecular formula is C15H20F2N2. The van der Waals surface area contributed by atoms with Gasteiger partial charge in [0, 0.05) is 36.9 Å². The zero-order valence-corrected chi connectivity index (χ0v) is 11.2. The molecule has 3 rings (SSSR count). The molecule has 2 fully saturated rings. The van der Waals surface area contributed by atoms with Crippen LogP contribution in [0.25, 0.3) is 0 Å². The van der Waals surface area contributed by atoms with E-state index in [2.05, 4.69) is 17.1 Å². The quantitative estimate of drug-likeness (QED) is 0.905. The molecule has 2 atom stereocenters. The van der Waals surface area contributed by atoms with E-state index in [1.807, 2.05) is 0 Å². The molecule has 0 aromatic heterocycles. The lowest BCUT2D eigenvalue weighted by Gasteiger charge is -2.42. The van der Waals surface area contributed by atoms with Crippen molar-refractivity contribution in [2.24, 2.45) is 5.92 Å². The first-order valence-electron chi connectivity index (χ1n) is 7.13. The van der Waals surface area contributed by atoms with E-state index in [0.29, 0.717) is 17.8 Å². The summed E-state index contributed by atoms with van der Waals surface area (Å²) < 4.78 is 26.8. The highest BCUT2D eigenvalue weighted by Gasteiger charge is 2.36.